The molecule has 3 nitrogen and oxygen atoms in total. The minimum atomic E-state index is 0.647. The quantitative estimate of drug-likeness (QED) is 0.379. The fourth-order valence-electron chi connectivity index (χ4n) is 2.23. The average Bonchev–Trinajstić information content (AvgIpc) is 2.60. The Morgan fingerprint density at radius 3 is 2.29 bits per heavy atom. The van der Waals surface area contributed by atoms with Gasteiger partial charge in [0.1, 0.15) is 5.75 Å². The number of methoxy groups -OCH3 is 1. The van der Waals surface area contributed by atoms with E-state index in [1.54, 1.807) is 7.11 Å². The Labute approximate surface area is 157 Å². The van der Waals surface area contributed by atoms with Crippen LogP contribution in [0.1, 0.15) is 25.3 Å². The Morgan fingerprint density at radius 1 is 0.917 bits per heavy atom. The molecule has 0 fully saturated rings. The summed E-state index contributed by atoms with van der Waals surface area (Å²) in [7, 11) is 1.66. The number of rotatable bonds is 9. The van der Waals surface area contributed by atoms with Gasteiger partial charge >= 0.3 is 0 Å². The molecular formula is C20H23IO3. The molecule has 0 saturated heterocycles. The molecule has 2 aromatic rings. The molecule has 2 rings (SSSR count). The second kappa shape index (κ2) is 10.2. The van der Waals surface area contributed by atoms with Crippen molar-refractivity contribution in [1.82, 2.24) is 0 Å². The number of unbranched alkanes of at least 4 members (excludes halogenated alkanes) is 1. The standard InChI is InChI=1S/C20H23IO3/c1-3-8-16-11-12-19(20(15-16)22-2)24-14-7-6-13-23-18-10-5-4-9-17(18)21/h3-5,8-12,15H,6-7,13-14H2,1-2H3/b8-3+. The van der Waals surface area contributed by atoms with Crippen LogP contribution in [0.25, 0.3) is 6.08 Å². The van der Waals surface area contributed by atoms with Gasteiger partial charge in [-0.15, -0.1) is 0 Å². The van der Waals surface area contributed by atoms with Gasteiger partial charge in [0.15, 0.2) is 11.5 Å². The summed E-state index contributed by atoms with van der Waals surface area (Å²) in [5.74, 6) is 2.49. The predicted molar refractivity (Wildman–Crippen MR) is 107 cm³/mol. The Morgan fingerprint density at radius 2 is 1.62 bits per heavy atom. The predicted octanol–water partition coefficient (Wildman–Crippen LogP) is 5.57. The second-order valence-electron chi connectivity index (χ2n) is 5.24. The number of ether oxygens (including phenoxy) is 3. The van der Waals surface area contributed by atoms with Crippen molar-refractivity contribution in [1.29, 1.82) is 0 Å². The van der Waals surface area contributed by atoms with Crippen LogP contribution >= 0.6 is 22.6 Å². The van der Waals surface area contributed by atoms with Gasteiger partial charge in [0.25, 0.3) is 0 Å². The molecule has 128 valence electrons. The van der Waals surface area contributed by atoms with Gasteiger partial charge in [0.05, 0.1) is 23.9 Å². The van der Waals surface area contributed by atoms with Crippen LogP contribution in [-0.4, -0.2) is 20.3 Å². The first-order valence-electron chi connectivity index (χ1n) is 8.05. The van der Waals surface area contributed by atoms with Crippen LogP contribution in [0, 0.1) is 3.57 Å². The van der Waals surface area contributed by atoms with E-state index >= 15 is 0 Å². The summed E-state index contributed by atoms with van der Waals surface area (Å²) in [6.07, 6.45) is 5.92. The number of halogens is 1. The van der Waals surface area contributed by atoms with Gasteiger partial charge in [-0.05, 0) is 72.2 Å². The van der Waals surface area contributed by atoms with E-state index in [9.17, 15) is 0 Å². The molecule has 0 aliphatic rings. The van der Waals surface area contributed by atoms with Crippen molar-refractivity contribution in [3.8, 4) is 17.2 Å². The lowest BCUT2D eigenvalue weighted by molar-refractivity contribution is 0.257. The van der Waals surface area contributed by atoms with Gasteiger partial charge in [-0.3, -0.25) is 0 Å². The van der Waals surface area contributed by atoms with Crippen molar-refractivity contribution < 1.29 is 14.2 Å². The van der Waals surface area contributed by atoms with E-state index in [0.29, 0.717) is 13.2 Å². The van der Waals surface area contributed by atoms with Crippen molar-refractivity contribution >= 4 is 28.7 Å². The maximum Gasteiger partial charge on any atom is 0.161 e. The first-order valence-corrected chi connectivity index (χ1v) is 9.13. The average molecular weight is 438 g/mol. The maximum absolute atomic E-state index is 5.83. The topological polar surface area (TPSA) is 27.7 Å². The van der Waals surface area contributed by atoms with Gasteiger partial charge in [-0.25, -0.2) is 0 Å². The Balaban J connectivity index is 1.73. The van der Waals surface area contributed by atoms with Crippen LogP contribution in [0.15, 0.2) is 48.5 Å². The van der Waals surface area contributed by atoms with Gasteiger partial charge in [-0.1, -0.05) is 30.4 Å². The molecule has 2 aromatic carbocycles. The highest BCUT2D eigenvalue weighted by molar-refractivity contribution is 14.1. The summed E-state index contributed by atoms with van der Waals surface area (Å²) in [5, 5.41) is 0. The van der Waals surface area contributed by atoms with Crippen molar-refractivity contribution in [3.05, 3.63) is 57.7 Å². The van der Waals surface area contributed by atoms with Gasteiger partial charge < -0.3 is 14.2 Å². The molecule has 0 saturated carbocycles. The van der Waals surface area contributed by atoms with Crippen LogP contribution < -0.4 is 14.2 Å². The van der Waals surface area contributed by atoms with Gasteiger partial charge in [-0.2, -0.15) is 0 Å². The summed E-state index contributed by atoms with van der Waals surface area (Å²) in [6.45, 7) is 3.34. The first kappa shape index (κ1) is 18.6. The molecule has 0 atom stereocenters. The molecule has 0 heterocycles. The second-order valence-corrected chi connectivity index (χ2v) is 6.41. The van der Waals surface area contributed by atoms with E-state index in [1.165, 1.54) is 0 Å². The van der Waals surface area contributed by atoms with Gasteiger partial charge in [0.2, 0.25) is 0 Å². The number of hydrogen-bond acceptors (Lipinski definition) is 3. The molecule has 0 radical (unpaired) electrons. The monoisotopic (exact) mass is 438 g/mol. The van der Waals surface area contributed by atoms with E-state index in [-0.39, 0.29) is 0 Å². The zero-order chi connectivity index (χ0) is 17.2. The van der Waals surface area contributed by atoms with E-state index < -0.39 is 0 Å². The number of hydrogen-bond donors (Lipinski definition) is 0. The van der Waals surface area contributed by atoms with Crippen LogP contribution in [0.5, 0.6) is 17.2 Å². The third kappa shape index (κ3) is 5.74. The number of allylic oxidation sites excluding steroid dienone is 1. The molecule has 0 unspecified atom stereocenters. The molecule has 0 amide bonds. The molecule has 0 aliphatic carbocycles. The highest BCUT2D eigenvalue weighted by atomic mass is 127. The largest absolute Gasteiger partial charge is 0.493 e. The fourth-order valence-corrected chi connectivity index (χ4v) is 2.77. The molecule has 0 bridgehead atoms. The SMILES string of the molecule is C/C=C/c1ccc(OCCCCOc2ccccc2I)c(OC)c1. The van der Waals surface area contributed by atoms with Crippen LogP contribution in [-0.2, 0) is 0 Å². The minimum Gasteiger partial charge on any atom is -0.493 e. The highest BCUT2D eigenvalue weighted by Gasteiger charge is 2.05. The van der Waals surface area contributed by atoms with E-state index in [2.05, 4.69) is 22.6 Å². The Kier molecular flexibility index (Phi) is 7.95. The van der Waals surface area contributed by atoms with Crippen LogP contribution in [0.4, 0.5) is 0 Å². The zero-order valence-corrected chi connectivity index (χ0v) is 16.3. The summed E-state index contributed by atoms with van der Waals surface area (Å²) in [5.41, 5.74) is 1.10. The smallest absolute Gasteiger partial charge is 0.161 e. The molecule has 0 spiro atoms. The Hall–Kier alpha value is -1.69. The third-order valence-electron chi connectivity index (χ3n) is 3.44. The van der Waals surface area contributed by atoms with Crippen molar-refractivity contribution in [2.24, 2.45) is 0 Å². The molecule has 0 aromatic heterocycles. The van der Waals surface area contributed by atoms with E-state index in [0.717, 1.165) is 39.2 Å². The van der Waals surface area contributed by atoms with Crippen molar-refractivity contribution in [2.45, 2.75) is 19.8 Å². The van der Waals surface area contributed by atoms with Crippen molar-refractivity contribution in [2.75, 3.05) is 20.3 Å². The summed E-state index contributed by atoms with van der Waals surface area (Å²) < 4.78 is 18.1. The number of benzene rings is 2. The molecule has 0 N–H and O–H groups in total. The molecule has 4 heteroatoms. The number of para-hydroxylation sites is 1. The van der Waals surface area contributed by atoms with Crippen LogP contribution in [0.2, 0.25) is 0 Å². The van der Waals surface area contributed by atoms with Crippen molar-refractivity contribution in [3.63, 3.8) is 0 Å². The molecule has 0 aliphatic heterocycles. The zero-order valence-electron chi connectivity index (χ0n) is 14.1. The fraction of sp³-hybridized carbons (Fsp3) is 0.300. The maximum atomic E-state index is 5.83. The summed E-state index contributed by atoms with van der Waals surface area (Å²) in [4.78, 5) is 0. The lowest BCUT2D eigenvalue weighted by Crippen LogP contribution is -2.04. The van der Waals surface area contributed by atoms with E-state index in [1.807, 2.05) is 61.5 Å². The summed E-state index contributed by atoms with van der Waals surface area (Å²) >= 11 is 2.28. The highest BCUT2D eigenvalue weighted by Crippen LogP contribution is 2.28. The van der Waals surface area contributed by atoms with Crippen LogP contribution in [0.3, 0.4) is 0 Å². The third-order valence-corrected chi connectivity index (χ3v) is 4.33. The van der Waals surface area contributed by atoms with E-state index in [4.69, 9.17) is 14.2 Å². The lowest BCUT2D eigenvalue weighted by atomic mass is 10.2. The molecular weight excluding hydrogens is 415 g/mol. The minimum absolute atomic E-state index is 0.647. The normalized spacial score (nSPS) is 10.8. The first-order chi connectivity index (χ1) is 11.7. The van der Waals surface area contributed by atoms with Gasteiger partial charge in [0, 0.05) is 0 Å². The molecule has 24 heavy (non-hydrogen) atoms. The Bertz CT molecular complexity index is 668. The lowest BCUT2D eigenvalue weighted by Gasteiger charge is -2.12. The summed E-state index contributed by atoms with van der Waals surface area (Å²) in [6, 6.07) is 14.0.